The Morgan fingerprint density at radius 3 is 2.74 bits per heavy atom. The summed E-state index contributed by atoms with van der Waals surface area (Å²) in [6, 6.07) is 11.1. The molecule has 23 heavy (non-hydrogen) atoms. The highest BCUT2D eigenvalue weighted by atomic mass is 32.1. The van der Waals surface area contributed by atoms with Crippen molar-refractivity contribution in [1.82, 2.24) is 14.9 Å². The second kappa shape index (κ2) is 6.74. The maximum absolute atomic E-state index is 5.39. The van der Waals surface area contributed by atoms with E-state index in [1.807, 2.05) is 6.20 Å². The maximum Gasteiger partial charge on any atom is 0.116 e. The third-order valence-electron chi connectivity index (χ3n) is 4.25. The van der Waals surface area contributed by atoms with Crippen LogP contribution in [-0.4, -0.2) is 47.7 Å². The first-order valence-corrected chi connectivity index (χ1v) is 8.79. The molecule has 0 spiro atoms. The lowest BCUT2D eigenvalue weighted by molar-refractivity contribution is 0.0384. The molecule has 0 amide bonds. The number of benzene rings is 1. The monoisotopic (exact) mass is 325 g/mol. The van der Waals surface area contributed by atoms with Crippen LogP contribution in [0.25, 0.3) is 20.7 Å². The number of nitrogens with zero attached hydrogens (tertiary/aromatic N) is 3. The van der Waals surface area contributed by atoms with Crippen LogP contribution in [0.2, 0.25) is 0 Å². The summed E-state index contributed by atoms with van der Waals surface area (Å²) in [6.45, 7) is 4.96. The molecule has 0 N–H and O–H groups in total. The SMILES string of the molecule is c1ncc2sc(-c3ccc(CCN4CCOCC4)cc3)cc2n1. The number of hydrogen-bond acceptors (Lipinski definition) is 5. The van der Waals surface area contributed by atoms with Gasteiger partial charge in [0.1, 0.15) is 6.33 Å². The molecule has 0 saturated carbocycles. The van der Waals surface area contributed by atoms with Gasteiger partial charge in [0, 0.05) is 30.7 Å². The molecule has 0 aliphatic carbocycles. The fourth-order valence-electron chi connectivity index (χ4n) is 2.88. The van der Waals surface area contributed by atoms with Gasteiger partial charge in [-0.15, -0.1) is 11.3 Å². The molecule has 0 unspecified atom stereocenters. The molecule has 1 aromatic carbocycles. The van der Waals surface area contributed by atoms with Crippen LogP contribution in [0.1, 0.15) is 5.56 Å². The van der Waals surface area contributed by atoms with Crippen LogP contribution in [0.5, 0.6) is 0 Å². The Kier molecular flexibility index (Phi) is 4.33. The Labute approximate surface area is 139 Å². The quantitative estimate of drug-likeness (QED) is 0.738. The molecule has 0 atom stereocenters. The number of hydrogen-bond donors (Lipinski definition) is 0. The van der Waals surface area contributed by atoms with E-state index in [0.29, 0.717) is 0 Å². The summed E-state index contributed by atoms with van der Waals surface area (Å²) in [5.41, 5.74) is 3.67. The highest BCUT2D eigenvalue weighted by molar-refractivity contribution is 7.22. The summed E-state index contributed by atoms with van der Waals surface area (Å²) in [6.07, 6.45) is 4.58. The third kappa shape index (κ3) is 3.42. The molecule has 3 heterocycles. The van der Waals surface area contributed by atoms with Gasteiger partial charge < -0.3 is 4.74 Å². The van der Waals surface area contributed by atoms with Crippen LogP contribution in [0.3, 0.4) is 0 Å². The van der Waals surface area contributed by atoms with Crippen molar-refractivity contribution in [3.63, 3.8) is 0 Å². The summed E-state index contributed by atoms with van der Waals surface area (Å²) in [5.74, 6) is 0. The van der Waals surface area contributed by atoms with E-state index < -0.39 is 0 Å². The summed E-state index contributed by atoms with van der Waals surface area (Å²) >= 11 is 1.75. The van der Waals surface area contributed by atoms with Crippen LogP contribution in [0, 0.1) is 0 Å². The molecular weight excluding hydrogens is 306 g/mol. The van der Waals surface area contributed by atoms with Gasteiger partial charge in [0.15, 0.2) is 0 Å². The Balaban J connectivity index is 1.44. The van der Waals surface area contributed by atoms with Crippen LogP contribution >= 0.6 is 11.3 Å². The Hall–Kier alpha value is -1.82. The van der Waals surface area contributed by atoms with Crippen molar-refractivity contribution >= 4 is 21.6 Å². The van der Waals surface area contributed by atoms with Crippen LogP contribution in [0.4, 0.5) is 0 Å². The molecule has 1 aliphatic heterocycles. The van der Waals surface area contributed by atoms with Gasteiger partial charge in [-0.3, -0.25) is 4.90 Å². The standard InChI is InChI=1S/C18H19N3OS/c1-3-15(17-11-16-18(23-17)12-19-13-20-16)4-2-14(1)5-6-21-7-9-22-10-8-21/h1-4,11-13H,5-10H2. The van der Waals surface area contributed by atoms with E-state index in [-0.39, 0.29) is 0 Å². The van der Waals surface area contributed by atoms with Gasteiger partial charge in [-0.05, 0) is 23.6 Å². The number of fused-ring (bicyclic) bond motifs is 1. The topological polar surface area (TPSA) is 38.2 Å². The minimum atomic E-state index is 0.869. The fourth-order valence-corrected chi connectivity index (χ4v) is 3.87. The van der Waals surface area contributed by atoms with Crippen molar-refractivity contribution in [1.29, 1.82) is 0 Å². The smallest absolute Gasteiger partial charge is 0.116 e. The largest absolute Gasteiger partial charge is 0.379 e. The first-order valence-electron chi connectivity index (χ1n) is 7.97. The zero-order valence-corrected chi connectivity index (χ0v) is 13.8. The molecule has 5 heteroatoms. The van der Waals surface area contributed by atoms with Crippen molar-refractivity contribution < 1.29 is 4.74 Å². The zero-order valence-electron chi connectivity index (χ0n) is 12.9. The minimum absolute atomic E-state index is 0.869. The highest BCUT2D eigenvalue weighted by Gasteiger charge is 2.10. The minimum Gasteiger partial charge on any atom is -0.379 e. The van der Waals surface area contributed by atoms with Gasteiger partial charge in [0.25, 0.3) is 0 Å². The lowest BCUT2D eigenvalue weighted by atomic mass is 10.1. The van der Waals surface area contributed by atoms with E-state index in [2.05, 4.69) is 45.2 Å². The second-order valence-corrected chi connectivity index (χ2v) is 6.87. The van der Waals surface area contributed by atoms with Crippen LogP contribution < -0.4 is 0 Å². The van der Waals surface area contributed by atoms with Gasteiger partial charge in [0.2, 0.25) is 0 Å². The van der Waals surface area contributed by atoms with Crippen LogP contribution in [-0.2, 0) is 11.2 Å². The van der Waals surface area contributed by atoms with Gasteiger partial charge in [-0.25, -0.2) is 9.97 Å². The number of rotatable bonds is 4. The van der Waals surface area contributed by atoms with Gasteiger partial charge in [-0.1, -0.05) is 24.3 Å². The first kappa shape index (κ1) is 14.8. The number of aromatic nitrogens is 2. The molecule has 1 aliphatic rings. The maximum atomic E-state index is 5.39. The highest BCUT2D eigenvalue weighted by Crippen LogP contribution is 2.32. The molecule has 3 aromatic rings. The third-order valence-corrected chi connectivity index (χ3v) is 5.36. The molecule has 1 fully saturated rings. The van der Waals surface area contributed by atoms with Crippen molar-refractivity contribution in [3.8, 4) is 10.4 Å². The molecule has 2 aromatic heterocycles. The van der Waals surface area contributed by atoms with E-state index in [0.717, 1.165) is 49.5 Å². The van der Waals surface area contributed by atoms with Gasteiger partial charge in [0.05, 0.1) is 23.4 Å². The lowest BCUT2D eigenvalue weighted by Gasteiger charge is -2.26. The van der Waals surface area contributed by atoms with Gasteiger partial charge >= 0.3 is 0 Å². The lowest BCUT2D eigenvalue weighted by Crippen LogP contribution is -2.37. The van der Waals surface area contributed by atoms with E-state index in [1.54, 1.807) is 17.7 Å². The summed E-state index contributed by atoms with van der Waals surface area (Å²) in [7, 11) is 0. The summed E-state index contributed by atoms with van der Waals surface area (Å²) in [4.78, 5) is 12.1. The molecule has 0 radical (unpaired) electrons. The van der Waals surface area contributed by atoms with E-state index in [4.69, 9.17) is 4.74 Å². The van der Waals surface area contributed by atoms with E-state index >= 15 is 0 Å². The Bertz CT molecular complexity index is 745. The summed E-state index contributed by atoms with van der Waals surface area (Å²) < 4.78 is 6.53. The number of thiophene rings is 1. The predicted octanol–water partition coefficient (Wildman–Crippen LogP) is 3.23. The predicted molar refractivity (Wildman–Crippen MR) is 93.8 cm³/mol. The normalized spacial score (nSPS) is 16.0. The molecule has 4 rings (SSSR count). The van der Waals surface area contributed by atoms with Crippen molar-refractivity contribution in [2.24, 2.45) is 0 Å². The molecule has 0 bridgehead atoms. The Morgan fingerprint density at radius 2 is 1.96 bits per heavy atom. The summed E-state index contributed by atoms with van der Waals surface area (Å²) in [5, 5.41) is 0. The Morgan fingerprint density at radius 1 is 1.13 bits per heavy atom. The van der Waals surface area contributed by atoms with Crippen molar-refractivity contribution in [3.05, 3.63) is 48.4 Å². The van der Waals surface area contributed by atoms with Crippen LogP contribution in [0.15, 0.2) is 42.9 Å². The zero-order chi connectivity index (χ0) is 15.5. The number of ether oxygens (including phenoxy) is 1. The molecule has 1 saturated heterocycles. The molecule has 4 nitrogen and oxygen atoms in total. The first-order chi connectivity index (χ1) is 11.4. The van der Waals surface area contributed by atoms with E-state index in [9.17, 15) is 0 Å². The molecular formula is C18H19N3OS. The molecule has 118 valence electrons. The fraction of sp³-hybridized carbons (Fsp3) is 0.333. The van der Waals surface area contributed by atoms with Gasteiger partial charge in [-0.2, -0.15) is 0 Å². The number of morpholine rings is 1. The average Bonchev–Trinajstić information content (AvgIpc) is 3.05. The second-order valence-electron chi connectivity index (χ2n) is 5.78. The average molecular weight is 325 g/mol. The van der Waals surface area contributed by atoms with Crippen molar-refractivity contribution in [2.45, 2.75) is 6.42 Å². The van der Waals surface area contributed by atoms with Crippen molar-refractivity contribution in [2.75, 3.05) is 32.8 Å². The van der Waals surface area contributed by atoms with E-state index in [1.165, 1.54) is 16.0 Å².